The first-order valence-corrected chi connectivity index (χ1v) is 9.64. The molecule has 3 rings (SSSR count). The van der Waals surface area contributed by atoms with Crippen molar-refractivity contribution >= 4 is 6.03 Å². The number of nitrogens with one attached hydrogen (secondary N) is 2. The van der Waals surface area contributed by atoms with Gasteiger partial charge in [0.05, 0.1) is 5.69 Å². The van der Waals surface area contributed by atoms with Gasteiger partial charge in [-0.05, 0) is 30.9 Å². The zero-order valence-electron chi connectivity index (χ0n) is 16.2. The molecule has 28 heavy (non-hydrogen) atoms. The van der Waals surface area contributed by atoms with Gasteiger partial charge in [0, 0.05) is 49.4 Å². The van der Waals surface area contributed by atoms with Crippen LogP contribution in [0, 0.1) is 17.6 Å². The molecule has 8 heteroatoms. The first-order chi connectivity index (χ1) is 13.4. The summed E-state index contributed by atoms with van der Waals surface area (Å²) in [5.41, 5.74) is 6.47. The molecule has 2 amide bonds. The lowest BCUT2D eigenvalue weighted by atomic mass is 10.0. The summed E-state index contributed by atoms with van der Waals surface area (Å²) in [6, 6.07) is 3.13. The molecule has 1 aromatic carbocycles. The number of benzene rings is 1. The van der Waals surface area contributed by atoms with E-state index in [-0.39, 0.29) is 23.7 Å². The Balaban J connectivity index is 1.63. The van der Waals surface area contributed by atoms with Gasteiger partial charge in [-0.15, -0.1) is 0 Å². The molecule has 0 saturated carbocycles. The molecule has 0 saturated heterocycles. The molecule has 0 spiro atoms. The van der Waals surface area contributed by atoms with Crippen LogP contribution in [-0.4, -0.2) is 34.2 Å². The summed E-state index contributed by atoms with van der Waals surface area (Å²) in [4.78, 5) is 16.8. The highest BCUT2D eigenvalue weighted by atomic mass is 19.1. The van der Waals surface area contributed by atoms with E-state index in [0.29, 0.717) is 31.1 Å². The van der Waals surface area contributed by atoms with Crippen LogP contribution >= 0.6 is 0 Å². The number of nitrogens with zero attached hydrogens (tertiary/aromatic N) is 2. The van der Waals surface area contributed by atoms with Gasteiger partial charge in [-0.2, -0.15) is 0 Å². The SMILES string of the molecule is CC(C)CC(CN)NC(=O)NC1CCc2nc(-c3ccc(F)cc3F)cn2C1. The van der Waals surface area contributed by atoms with E-state index in [4.69, 9.17) is 5.73 Å². The lowest BCUT2D eigenvalue weighted by Gasteiger charge is -2.26. The molecular weight excluding hydrogens is 364 g/mol. The minimum Gasteiger partial charge on any atom is -0.334 e. The summed E-state index contributed by atoms with van der Waals surface area (Å²) in [6.45, 7) is 5.13. The van der Waals surface area contributed by atoms with Crippen LogP contribution in [0.4, 0.5) is 13.6 Å². The van der Waals surface area contributed by atoms with Crippen molar-refractivity contribution in [1.82, 2.24) is 20.2 Å². The van der Waals surface area contributed by atoms with Crippen LogP contribution in [-0.2, 0) is 13.0 Å². The predicted molar refractivity (Wildman–Crippen MR) is 104 cm³/mol. The second-order valence-electron chi connectivity index (χ2n) is 7.73. The van der Waals surface area contributed by atoms with Crippen LogP contribution in [0.25, 0.3) is 11.3 Å². The number of halogens is 2. The highest BCUT2D eigenvalue weighted by Crippen LogP contribution is 2.25. The minimum absolute atomic E-state index is 0.0508. The Kier molecular flexibility index (Phi) is 6.28. The van der Waals surface area contributed by atoms with E-state index in [9.17, 15) is 13.6 Å². The zero-order valence-corrected chi connectivity index (χ0v) is 16.2. The van der Waals surface area contributed by atoms with Gasteiger partial charge >= 0.3 is 6.03 Å². The number of urea groups is 1. The number of hydrogen-bond acceptors (Lipinski definition) is 3. The highest BCUT2D eigenvalue weighted by Gasteiger charge is 2.23. The third-order valence-electron chi connectivity index (χ3n) is 4.91. The van der Waals surface area contributed by atoms with Crippen molar-refractivity contribution in [2.75, 3.05) is 6.54 Å². The molecule has 6 nitrogen and oxygen atoms in total. The maximum Gasteiger partial charge on any atom is 0.315 e. The molecule has 0 radical (unpaired) electrons. The largest absolute Gasteiger partial charge is 0.334 e. The van der Waals surface area contributed by atoms with Crippen LogP contribution in [0.2, 0.25) is 0 Å². The summed E-state index contributed by atoms with van der Waals surface area (Å²) >= 11 is 0. The predicted octanol–water partition coefficient (Wildman–Crippen LogP) is 2.82. The van der Waals surface area contributed by atoms with Crippen molar-refractivity contribution in [3.8, 4) is 11.3 Å². The number of aryl methyl sites for hydroxylation is 1. The highest BCUT2D eigenvalue weighted by molar-refractivity contribution is 5.74. The quantitative estimate of drug-likeness (QED) is 0.708. The number of imidazole rings is 1. The number of amides is 2. The van der Waals surface area contributed by atoms with E-state index in [1.54, 1.807) is 6.20 Å². The van der Waals surface area contributed by atoms with Gasteiger partial charge < -0.3 is 20.9 Å². The van der Waals surface area contributed by atoms with Crippen LogP contribution in [0.1, 0.15) is 32.5 Å². The molecule has 2 aromatic rings. The summed E-state index contributed by atoms with van der Waals surface area (Å²) in [5, 5.41) is 5.92. The molecule has 0 fully saturated rings. The lowest BCUT2D eigenvalue weighted by Crippen LogP contribution is -2.50. The molecular formula is C20H27F2N5O. The van der Waals surface area contributed by atoms with Gasteiger partial charge in [-0.1, -0.05) is 13.8 Å². The van der Waals surface area contributed by atoms with Crippen molar-refractivity contribution in [2.24, 2.45) is 11.7 Å². The maximum atomic E-state index is 14.0. The van der Waals surface area contributed by atoms with Gasteiger partial charge in [0.2, 0.25) is 0 Å². The van der Waals surface area contributed by atoms with Crippen LogP contribution in [0.3, 0.4) is 0 Å². The number of nitrogens with two attached hydrogens (primary N) is 1. The van der Waals surface area contributed by atoms with Gasteiger partial charge in [0.25, 0.3) is 0 Å². The van der Waals surface area contributed by atoms with E-state index < -0.39 is 11.6 Å². The number of carbonyl (C=O) groups excluding carboxylic acids is 1. The van der Waals surface area contributed by atoms with Crippen molar-refractivity contribution in [3.05, 3.63) is 41.9 Å². The molecule has 1 aromatic heterocycles. The molecule has 4 N–H and O–H groups in total. The second kappa shape index (κ2) is 8.68. The van der Waals surface area contributed by atoms with Crippen LogP contribution in [0.5, 0.6) is 0 Å². The fourth-order valence-corrected chi connectivity index (χ4v) is 3.58. The molecule has 152 valence electrons. The molecule has 0 bridgehead atoms. The average Bonchev–Trinajstić information content (AvgIpc) is 3.03. The first kappa shape index (κ1) is 20.3. The molecule has 1 aliphatic rings. The normalized spacial score (nSPS) is 17.3. The number of fused-ring (bicyclic) bond motifs is 1. The number of carbonyl (C=O) groups is 1. The van der Waals surface area contributed by atoms with E-state index in [1.165, 1.54) is 12.1 Å². The standard InChI is InChI=1S/C20H27F2N5O/c1-12(2)7-15(9-23)25-20(28)24-14-4-6-19-26-18(11-27(19)10-14)16-5-3-13(21)8-17(16)22/h3,5,8,11-12,14-15H,4,6-7,9-10,23H2,1-2H3,(H2,24,25,28). The van der Waals surface area contributed by atoms with E-state index >= 15 is 0 Å². The third kappa shape index (κ3) is 4.86. The van der Waals surface area contributed by atoms with Gasteiger partial charge in [0.1, 0.15) is 17.5 Å². The Labute approximate surface area is 163 Å². The Hall–Kier alpha value is -2.48. The van der Waals surface area contributed by atoms with Crippen molar-refractivity contribution in [1.29, 1.82) is 0 Å². The Morgan fingerprint density at radius 3 is 2.86 bits per heavy atom. The van der Waals surface area contributed by atoms with Gasteiger partial charge in [-0.3, -0.25) is 0 Å². The number of aromatic nitrogens is 2. The monoisotopic (exact) mass is 391 g/mol. The number of hydrogen-bond donors (Lipinski definition) is 3. The topological polar surface area (TPSA) is 85.0 Å². The van der Waals surface area contributed by atoms with Crippen molar-refractivity contribution < 1.29 is 13.6 Å². The van der Waals surface area contributed by atoms with Crippen LogP contribution in [0.15, 0.2) is 24.4 Å². The fourth-order valence-electron chi connectivity index (χ4n) is 3.58. The van der Waals surface area contributed by atoms with Crippen molar-refractivity contribution in [2.45, 2.75) is 51.7 Å². The summed E-state index contributed by atoms with van der Waals surface area (Å²) < 4.78 is 29.1. The Morgan fingerprint density at radius 2 is 2.18 bits per heavy atom. The Morgan fingerprint density at radius 1 is 1.39 bits per heavy atom. The summed E-state index contributed by atoms with van der Waals surface area (Å²) in [6.07, 6.45) is 3.99. The van der Waals surface area contributed by atoms with Crippen molar-refractivity contribution in [3.63, 3.8) is 0 Å². The summed E-state index contributed by atoms with van der Waals surface area (Å²) in [7, 11) is 0. The maximum absolute atomic E-state index is 14.0. The second-order valence-corrected chi connectivity index (χ2v) is 7.73. The smallest absolute Gasteiger partial charge is 0.315 e. The van der Waals surface area contributed by atoms with E-state index in [2.05, 4.69) is 29.5 Å². The number of rotatable bonds is 6. The third-order valence-corrected chi connectivity index (χ3v) is 4.91. The lowest BCUT2D eigenvalue weighted by molar-refractivity contribution is 0.227. The van der Waals surface area contributed by atoms with Gasteiger partial charge in [0.15, 0.2) is 0 Å². The molecule has 0 aliphatic carbocycles. The molecule has 2 atom stereocenters. The van der Waals surface area contributed by atoms with Gasteiger partial charge in [-0.25, -0.2) is 18.6 Å². The molecule has 2 unspecified atom stereocenters. The van der Waals surface area contributed by atoms with Crippen LogP contribution < -0.4 is 16.4 Å². The Bertz CT molecular complexity index is 836. The fraction of sp³-hybridized carbons (Fsp3) is 0.500. The molecule has 2 heterocycles. The molecule has 1 aliphatic heterocycles. The first-order valence-electron chi connectivity index (χ1n) is 9.64. The summed E-state index contributed by atoms with van der Waals surface area (Å²) in [5.74, 6) is 0.0235. The minimum atomic E-state index is -0.637. The van der Waals surface area contributed by atoms with E-state index in [1.807, 2.05) is 4.57 Å². The average molecular weight is 391 g/mol. The zero-order chi connectivity index (χ0) is 20.3. The van der Waals surface area contributed by atoms with E-state index in [0.717, 1.165) is 24.7 Å².